The molecule has 1 atom stereocenters. The van der Waals surface area contributed by atoms with Crippen LogP contribution in [0.4, 0.5) is 13.2 Å². The monoisotopic (exact) mass is 312 g/mol. The molecule has 0 unspecified atom stereocenters. The lowest BCUT2D eigenvalue weighted by atomic mass is 10.0. The first kappa shape index (κ1) is 16.4. The van der Waals surface area contributed by atoms with E-state index in [1.807, 2.05) is 0 Å². The van der Waals surface area contributed by atoms with E-state index in [0.29, 0.717) is 0 Å². The van der Waals surface area contributed by atoms with Crippen LogP contribution in [-0.2, 0) is 14.9 Å². The van der Waals surface area contributed by atoms with Gasteiger partial charge in [0.1, 0.15) is 11.5 Å². The van der Waals surface area contributed by atoms with Gasteiger partial charge in [-0.25, -0.2) is 0 Å². The van der Waals surface area contributed by atoms with Gasteiger partial charge in [0.2, 0.25) is 0 Å². The Morgan fingerprint density at radius 3 is 2.40 bits per heavy atom. The Morgan fingerprint density at radius 1 is 1.35 bits per heavy atom. The van der Waals surface area contributed by atoms with Gasteiger partial charge < -0.3 is 9.29 Å². The third kappa shape index (κ3) is 3.94. The lowest BCUT2D eigenvalue weighted by molar-refractivity contribution is -0.118. The van der Waals surface area contributed by atoms with Gasteiger partial charge in [0, 0.05) is 12.0 Å². The summed E-state index contributed by atoms with van der Waals surface area (Å²) in [6.45, 7) is 1.18. The molecule has 1 aromatic carbocycles. The highest BCUT2D eigenvalue weighted by atomic mass is 32.2. The fourth-order valence-electron chi connectivity index (χ4n) is 1.38. The molecule has 1 aromatic rings. The zero-order chi connectivity index (χ0) is 15.6. The number of aliphatic hydroxyl groups excluding tert-OH is 1. The molecule has 0 aliphatic rings. The number of Topliss-reactive ketones (excluding diaryl/α,β-unsaturated/α-hetero) is 1. The highest BCUT2D eigenvalue weighted by Crippen LogP contribution is 2.32. The molecule has 20 heavy (non-hydrogen) atoms. The summed E-state index contributed by atoms with van der Waals surface area (Å²) in [4.78, 5) is 10.9. The standard InChI is InChI=1S/C11H11F3O5S/c1-7(15)6-9(16)8-4-2-3-5-10(8)19-20(17,18)11(12,13)14/h2-5,9,16H,6H2,1H3/t9-/m1/s1. The highest BCUT2D eigenvalue weighted by Gasteiger charge is 2.48. The van der Waals surface area contributed by atoms with E-state index in [9.17, 15) is 31.5 Å². The largest absolute Gasteiger partial charge is 0.534 e. The molecule has 5 nitrogen and oxygen atoms in total. The van der Waals surface area contributed by atoms with E-state index in [1.165, 1.54) is 25.1 Å². The second-order valence-electron chi connectivity index (χ2n) is 3.94. The van der Waals surface area contributed by atoms with E-state index in [4.69, 9.17) is 0 Å². The number of hydrogen-bond acceptors (Lipinski definition) is 5. The number of alkyl halides is 3. The maximum absolute atomic E-state index is 12.2. The van der Waals surface area contributed by atoms with Gasteiger partial charge in [0.15, 0.2) is 0 Å². The van der Waals surface area contributed by atoms with Gasteiger partial charge in [-0.15, -0.1) is 0 Å². The number of para-hydroxylation sites is 1. The van der Waals surface area contributed by atoms with E-state index in [-0.39, 0.29) is 12.0 Å². The van der Waals surface area contributed by atoms with Crippen molar-refractivity contribution < 1.29 is 35.7 Å². The van der Waals surface area contributed by atoms with Gasteiger partial charge in [0.25, 0.3) is 0 Å². The number of carbonyl (C=O) groups is 1. The Balaban J connectivity index is 3.12. The summed E-state index contributed by atoms with van der Waals surface area (Å²) in [6.07, 6.45) is -1.82. The number of hydrogen-bond donors (Lipinski definition) is 1. The topological polar surface area (TPSA) is 80.7 Å². The second-order valence-corrected chi connectivity index (χ2v) is 5.48. The van der Waals surface area contributed by atoms with Crippen LogP contribution < -0.4 is 4.18 Å². The van der Waals surface area contributed by atoms with Gasteiger partial charge in [-0.3, -0.25) is 4.79 Å². The van der Waals surface area contributed by atoms with Crippen molar-refractivity contribution in [2.24, 2.45) is 0 Å². The number of rotatable bonds is 5. The van der Waals surface area contributed by atoms with Gasteiger partial charge in [-0.1, -0.05) is 18.2 Å². The molecular weight excluding hydrogens is 301 g/mol. The summed E-state index contributed by atoms with van der Waals surface area (Å²) in [6, 6.07) is 4.74. The van der Waals surface area contributed by atoms with Crippen LogP contribution in [0.3, 0.4) is 0 Å². The van der Waals surface area contributed by atoms with Crippen molar-refractivity contribution in [1.29, 1.82) is 0 Å². The smallest absolute Gasteiger partial charge is 0.388 e. The third-order valence-corrected chi connectivity index (χ3v) is 3.21. The number of carbonyl (C=O) groups excluding carboxylic acids is 1. The third-order valence-electron chi connectivity index (χ3n) is 2.24. The van der Waals surface area contributed by atoms with Gasteiger partial charge in [0.05, 0.1) is 6.10 Å². The molecule has 0 aliphatic heterocycles. The predicted molar refractivity (Wildman–Crippen MR) is 62.3 cm³/mol. The van der Waals surface area contributed by atoms with Crippen LogP contribution in [0.15, 0.2) is 24.3 Å². The van der Waals surface area contributed by atoms with Crippen LogP contribution in [0.2, 0.25) is 0 Å². The quantitative estimate of drug-likeness (QED) is 0.664. The molecule has 0 saturated heterocycles. The van der Waals surface area contributed by atoms with Gasteiger partial charge in [-0.2, -0.15) is 21.6 Å². The average molecular weight is 312 g/mol. The Labute approximate surface area is 113 Å². The number of halogens is 3. The summed E-state index contributed by atoms with van der Waals surface area (Å²) in [5.41, 5.74) is -5.79. The summed E-state index contributed by atoms with van der Waals surface area (Å²) < 4.78 is 62.5. The van der Waals surface area contributed by atoms with E-state index in [0.717, 1.165) is 6.07 Å². The van der Waals surface area contributed by atoms with Crippen molar-refractivity contribution in [2.75, 3.05) is 0 Å². The van der Waals surface area contributed by atoms with Crippen molar-refractivity contribution in [1.82, 2.24) is 0 Å². The van der Waals surface area contributed by atoms with Crippen LogP contribution >= 0.6 is 0 Å². The molecule has 1 rings (SSSR count). The van der Waals surface area contributed by atoms with Crippen LogP contribution in [-0.4, -0.2) is 24.8 Å². The maximum Gasteiger partial charge on any atom is 0.534 e. The van der Waals surface area contributed by atoms with Crippen molar-refractivity contribution >= 4 is 15.9 Å². The predicted octanol–water partition coefficient (Wildman–Crippen LogP) is 1.93. The van der Waals surface area contributed by atoms with E-state index >= 15 is 0 Å². The van der Waals surface area contributed by atoms with E-state index < -0.39 is 33.3 Å². The SMILES string of the molecule is CC(=O)C[C@@H](O)c1ccccc1OS(=O)(=O)C(F)(F)F. The molecule has 0 bridgehead atoms. The number of aliphatic hydroxyl groups is 1. The molecule has 0 saturated carbocycles. The Morgan fingerprint density at radius 2 is 1.90 bits per heavy atom. The highest BCUT2D eigenvalue weighted by molar-refractivity contribution is 7.88. The summed E-state index contributed by atoms with van der Waals surface area (Å²) in [7, 11) is -5.83. The molecule has 0 heterocycles. The number of ketones is 1. The van der Waals surface area contributed by atoms with Crippen LogP contribution in [0.25, 0.3) is 0 Å². The summed E-state index contributed by atoms with van der Waals surface area (Å²) >= 11 is 0. The number of benzene rings is 1. The molecule has 112 valence electrons. The van der Waals surface area contributed by atoms with Gasteiger partial charge in [-0.05, 0) is 13.0 Å². The second kappa shape index (κ2) is 5.80. The minimum Gasteiger partial charge on any atom is -0.388 e. The fraction of sp³-hybridized carbons (Fsp3) is 0.364. The van der Waals surface area contributed by atoms with Crippen LogP contribution in [0.5, 0.6) is 5.75 Å². The zero-order valence-electron chi connectivity index (χ0n) is 10.2. The molecular formula is C11H11F3O5S. The molecule has 0 radical (unpaired) electrons. The molecule has 0 aromatic heterocycles. The Hall–Kier alpha value is -1.61. The normalized spacial score (nSPS) is 13.8. The summed E-state index contributed by atoms with van der Waals surface area (Å²) in [5.74, 6) is -1.08. The molecule has 1 N–H and O–H groups in total. The molecule has 0 spiro atoms. The minimum absolute atomic E-state index is 0.212. The Kier molecular flexibility index (Phi) is 4.77. The van der Waals surface area contributed by atoms with Crippen LogP contribution in [0.1, 0.15) is 25.0 Å². The lowest BCUT2D eigenvalue weighted by Gasteiger charge is -2.15. The maximum atomic E-state index is 12.2. The van der Waals surface area contributed by atoms with E-state index in [1.54, 1.807) is 0 Å². The molecule has 0 aliphatic carbocycles. The molecule has 0 fully saturated rings. The van der Waals surface area contributed by atoms with E-state index in [2.05, 4.69) is 4.18 Å². The first-order chi connectivity index (χ1) is 9.04. The Bertz CT molecular complexity index is 594. The lowest BCUT2D eigenvalue weighted by Crippen LogP contribution is -2.28. The average Bonchev–Trinajstić information content (AvgIpc) is 2.26. The van der Waals surface area contributed by atoms with Crippen molar-refractivity contribution in [3.8, 4) is 5.75 Å². The van der Waals surface area contributed by atoms with Crippen molar-refractivity contribution in [3.63, 3.8) is 0 Å². The van der Waals surface area contributed by atoms with Crippen LogP contribution in [0, 0.1) is 0 Å². The fourth-order valence-corrected chi connectivity index (χ4v) is 1.86. The van der Waals surface area contributed by atoms with Crippen molar-refractivity contribution in [2.45, 2.75) is 25.0 Å². The summed E-state index contributed by atoms with van der Waals surface area (Å²) in [5, 5.41) is 9.69. The first-order valence-electron chi connectivity index (χ1n) is 5.32. The molecule has 9 heteroatoms. The van der Waals surface area contributed by atoms with Crippen molar-refractivity contribution in [3.05, 3.63) is 29.8 Å². The first-order valence-corrected chi connectivity index (χ1v) is 6.72. The van der Waals surface area contributed by atoms with Gasteiger partial charge >= 0.3 is 15.6 Å². The zero-order valence-corrected chi connectivity index (χ0v) is 11.0. The molecule has 0 amide bonds. The minimum atomic E-state index is -5.83.